The smallest absolute Gasteiger partial charge is 0.128 e. The van der Waals surface area contributed by atoms with E-state index in [1.807, 2.05) is 42.6 Å². The van der Waals surface area contributed by atoms with Crippen molar-refractivity contribution in [3.63, 3.8) is 0 Å². The van der Waals surface area contributed by atoms with E-state index < -0.39 is 0 Å². The van der Waals surface area contributed by atoms with Crippen LogP contribution in [-0.2, 0) is 0 Å². The zero-order valence-corrected chi connectivity index (χ0v) is 13.2. The van der Waals surface area contributed by atoms with E-state index in [1.54, 1.807) is 0 Å². The minimum atomic E-state index is 0.684. The molecule has 0 radical (unpaired) electrons. The molecule has 0 amide bonds. The van der Waals surface area contributed by atoms with Crippen molar-refractivity contribution in [2.75, 3.05) is 44.2 Å². The number of anilines is 1. The second-order valence-electron chi connectivity index (χ2n) is 5.32. The molecule has 2 aromatic rings. The van der Waals surface area contributed by atoms with E-state index in [-0.39, 0.29) is 0 Å². The van der Waals surface area contributed by atoms with E-state index in [0.29, 0.717) is 11.6 Å². The van der Waals surface area contributed by atoms with Crippen LogP contribution in [0.3, 0.4) is 0 Å². The molecule has 0 bridgehead atoms. The van der Waals surface area contributed by atoms with Crippen LogP contribution >= 0.6 is 11.6 Å². The van der Waals surface area contributed by atoms with Crippen molar-refractivity contribution in [2.45, 2.75) is 0 Å². The summed E-state index contributed by atoms with van der Waals surface area (Å²) in [6.45, 7) is 5.71. The summed E-state index contributed by atoms with van der Waals surface area (Å²) in [4.78, 5) is 9.16. The molecule has 0 saturated carbocycles. The second kappa shape index (κ2) is 7.47. The lowest BCUT2D eigenvalue weighted by molar-refractivity contribution is 0.200. The predicted octanol–water partition coefficient (Wildman–Crippen LogP) is 2.94. The first-order valence-electron chi connectivity index (χ1n) is 7.58. The first-order chi connectivity index (χ1) is 10.8. The van der Waals surface area contributed by atoms with Crippen LogP contribution in [-0.4, -0.2) is 49.2 Å². The Labute approximate surface area is 136 Å². The molecule has 1 aliphatic rings. The van der Waals surface area contributed by atoms with Crippen LogP contribution in [0.2, 0.25) is 5.02 Å². The molecule has 4 nitrogen and oxygen atoms in total. The van der Waals surface area contributed by atoms with Crippen LogP contribution in [0.1, 0.15) is 0 Å². The van der Waals surface area contributed by atoms with Crippen LogP contribution in [0.15, 0.2) is 48.7 Å². The lowest BCUT2D eigenvalue weighted by Crippen LogP contribution is -2.47. The first-order valence-corrected chi connectivity index (χ1v) is 7.96. The van der Waals surface area contributed by atoms with Gasteiger partial charge >= 0.3 is 0 Å². The summed E-state index contributed by atoms with van der Waals surface area (Å²) >= 11 is 5.94. The summed E-state index contributed by atoms with van der Waals surface area (Å²) in [6.07, 6.45) is 1.85. The third-order valence-electron chi connectivity index (χ3n) is 3.82. The Morgan fingerprint density at radius 2 is 1.91 bits per heavy atom. The van der Waals surface area contributed by atoms with Crippen LogP contribution in [0.25, 0.3) is 0 Å². The fraction of sp³-hybridized carbons (Fsp3) is 0.353. The second-order valence-corrected chi connectivity index (χ2v) is 5.76. The lowest BCUT2D eigenvalue weighted by atomic mass is 10.3. The Morgan fingerprint density at radius 1 is 1.05 bits per heavy atom. The highest BCUT2D eigenvalue weighted by molar-refractivity contribution is 6.30. The number of aromatic nitrogens is 1. The topological polar surface area (TPSA) is 28.6 Å². The highest BCUT2D eigenvalue weighted by Gasteiger charge is 2.17. The van der Waals surface area contributed by atoms with Gasteiger partial charge in [0.05, 0.1) is 0 Å². The molecule has 5 heteroatoms. The maximum Gasteiger partial charge on any atom is 0.128 e. The van der Waals surface area contributed by atoms with Gasteiger partial charge in [0.25, 0.3) is 0 Å². The maximum atomic E-state index is 5.94. The van der Waals surface area contributed by atoms with Gasteiger partial charge in [0.15, 0.2) is 0 Å². The molecule has 3 rings (SSSR count). The molecule has 0 aliphatic carbocycles. The molecule has 0 N–H and O–H groups in total. The number of hydrogen-bond acceptors (Lipinski definition) is 4. The van der Waals surface area contributed by atoms with Gasteiger partial charge in [-0.2, -0.15) is 0 Å². The molecular formula is C17H20ClN3O. The Balaban J connectivity index is 1.41. The zero-order valence-electron chi connectivity index (χ0n) is 12.5. The number of rotatable bonds is 5. The van der Waals surface area contributed by atoms with E-state index in [4.69, 9.17) is 16.3 Å². The minimum absolute atomic E-state index is 0.684. The third kappa shape index (κ3) is 4.12. The van der Waals surface area contributed by atoms with Crippen molar-refractivity contribution in [2.24, 2.45) is 0 Å². The number of hydrogen-bond donors (Lipinski definition) is 0. The van der Waals surface area contributed by atoms with Gasteiger partial charge in [-0.05, 0) is 30.3 Å². The van der Waals surface area contributed by atoms with Crippen molar-refractivity contribution in [3.8, 4) is 5.75 Å². The van der Waals surface area contributed by atoms with Gasteiger partial charge in [0.2, 0.25) is 0 Å². The number of halogens is 1. The molecule has 1 saturated heterocycles. The van der Waals surface area contributed by atoms with E-state index in [1.165, 1.54) is 0 Å². The molecule has 22 heavy (non-hydrogen) atoms. The van der Waals surface area contributed by atoms with Gasteiger partial charge in [-0.25, -0.2) is 4.98 Å². The molecule has 0 atom stereocenters. The minimum Gasteiger partial charge on any atom is -0.492 e. The average Bonchev–Trinajstić information content (AvgIpc) is 2.56. The molecule has 1 aromatic heterocycles. The molecule has 1 aromatic carbocycles. The van der Waals surface area contributed by atoms with Crippen molar-refractivity contribution in [1.82, 2.24) is 9.88 Å². The highest BCUT2D eigenvalue weighted by atomic mass is 35.5. The summed E-state index contributed by atoms with van der Waals surface area (Å²) in [5, 5.41) is 0.710. The molecule has 2 heterocycles. The molecule has 1 fully saturated rings. The quantitative estimate of drug-likeness (QED) is 0.848. The van der Waals surface area contributed by atoms with E-state index >= 15 is 0 Å². The average molecular weight is 318 g/mol. The summed E-state index contributed by atoms with van der Waals surface area (Å²) in [5.41, 5.74) is 0. The Bertz CT molecular complexity index is 585. The van der Waals surface area contributed by atoms with Gasteiger partial charge in [-0.1, -0.05) is 23.7 Å². The van der Waals surface area contributed by atoms with Crippen molar-refractivity contribution in [1.29, 1.82) is 0 Å². The van der Waals surface area contributed by atoms with Crippen molar-refractivity contribution >= 4 is 17.4 Å². The van der Waals surface area contributed by atoms with Gasteiger partial charge in [-0.3, -0.25) is 4.90 Å². The Hall–Kier alpha value is -1.78. The molecular weight excluding hydrogens is 298 g/mol. The third-order valence-corrected chi connectivity index (χ3v) is 4.05. The summed E-state index contributed by atoms with van der Waals surface area (Å²) in [6, 6.07) is 13.6. The highest BCUT2D eigenvalue weighted by Crippen LogP contribution is 2.17. The van der Waals surface area contributed by atoms with Crippen molar-refractivity contribution in [3.05, 3.63) is 53.7 Å². The van der Waals surface area contributed by atoms with Crippen LogP contribution in [0.5, 0.6) is 5.75 Å². The molecule has 1 aliphatic heterocycles. The molecule has 0 unspecified atom stereocenters. The number of piperazine rings is 1. The lowest BCUT2D eigenvalue weighted by Gasteiger charge is -2.35. The largest absolute Gasteiger partial charge is 0.492 e. The van der Waals surface area contributed by atoms with Gasteiger partial charge in [-0.15, -0.1) is 0 Å². The van der Waals surface area contributed by atoms with E-state index in [9.17, 15) is 0 Å². The first kappa shape index (κ1) is 15.1. The monoisotopic (exact) mass is 317 g/mol. The van der Waals surface area contributed by atoms with Gasteiger partial charge in [0, 0.05) is 43.9 Å². The Kier molecular flexibility index (Phi) is 5.14. The van der Waals surface area contributed by atoms with Crippen molar-refractivity contribution < 1.29 is 4.74 Å². The fourth-order valence-corrected chi connectivity index (χ4v) is 2.77. The summed E-state index contributed by atoms with van der Waals surface area (Å²) in [5.74, 6) is 1.90. The summed E-state index contributed by atoms with van der Waals surface area (Å²) < 4.78 is 5.75. The number of nitrogens with zero attached hydrogens (tertiary/aromatic N) is 3. The van der Waals surface area contributed by atoms with Crippen LogP contribution in [0, 0.1) is 0 Å². The zero-order chi connectivity index (χ0) is 15.2. The van der Waals surface area contributed by atoms with Crippen LogP contribution < -0.4 is 9.64 Å². The predicted molar refractivity (Wildman–Crippen MR) is 89.8 cm³/mol. The molecule has 0 spiro atoms. The van der Waals surface area contributed by atoms with E-state index in [2.05, 4.69) is 20.9 Å². The SMILES string of the molecule is Clc1cccc(OCCN2CCN(c3ccccn3)CC2)c1. The van der Waals surface area contributed by atoms with Gasteiger partial charge in [0.1, 0.15) is 18.2 Å². The Morgan fingerprint density at radius 3 is 2.64 bits per heavy atom. The fourth-order valence-electron chi connectivity index (χ4n) is 2.59. The number of benzene rings is 1. The summed E-state index contributed by atoms with van der Waals surface area (Å²) in [7, 11) is 0. The normalized spacial score (nSPS) is 15.8. The standard InChI is InChI=1S/C17H20ClN3O/c18-15-4-3-5-16(14-15)22-13-12-20-8-10-21(11-9-20)17-6-1-2-7-19-17/h1-7,14H,8-13H2. The number of ether oxygens (including phenoxy) is 1. The van der Waals surface area contributed by atoms with Crippen LogP contribution in [0.4, 0.5) is 5.82 Å². The maximum absolute atomic E-state index is 5.94. The van der Waals surface area contributed by atoms with Gasteiger partial charge < -0.3 is 9.64 Å². The molecule has 116 valence electrons. The number of pyridine rings is 1. The van der Waals surface area contributed by atoms with E-state index in [0.717, 1.165) is 44.3 Å².